The van der Waals surface area contributed by atoms with Gasteiger partial charge in [-0.05, 0) is 11.6 Å². The molecule has 1 aromatic carbocycles. The number of pyridine rings is 1. The number of hydrogen-bond acceptors (Lipinski definition) is 2. The molecule has 0 aliphatic rings. The topological polar surface area (TPSA) is 22.1 Å². The van der Waals surface area contributed by atoms with Crippen molar-refractivity contribution in [2.24, 2.45) is 0 Å². The second-order valence-electron chi connectivity index (χ2n) is 3.33. The predicted molar refractivity (Wildman–Crippen MR) is 56.1 cm³/mol. The van der Waals surface area contributed by atoms with Crippen LogP contribution in [0.4, 0.5) is 13.2 Å². The smallest absolute Gasteiger partial charge is 0.213 e. The monoisotopic (exact) mass is 239 g/mol. The molecule has 88 valence electrons. The lowest BCUT2D eigenvalue weighted by Crippen LogP contribution is -1.94. The Kier molecular flexibility index (Phi) is 2.99. The van der Waals surface area contributed by atoms with E-state index in [1.165, 1.54) is 25.4 Å². The Morgan fingerprint density at radius 3 is 2.29 bits per heavy atom. The molecule has 0 unspecified atom stereocenters. The van der Waals surface area contributed by atoms with Crippen LogP contribution in [0.25, 0.3) is 11.1 Å². The fraction of sp³-hybridized carbons (Fsp3) is 0.0833. The van der Waals surface area contributed by atoms with Crippen molar-refractivity contribution in [3.8, 4) is 17.0 Å². The lowest BCUT2D eigenvalue weighted by Gasteiger charge is -2.06. The number of benzene rings is 1. The van der Waals surface area contributed by atoms with Crippen molar-refractivity contribution in [1.29, 1.82) is 0 Å². The van der Waals surface area contributed by atoms with Crippen LogP contribution in [0.1, 0.15) is 0 Å². The normalized spacial score (nSPS) is 10.4. The Bertz CT molecular complexity index is 534. The number of aromatic nitrogens is 1. The van der Waals surface area contributed by atoms with E-state index in [-0.39, 0.29) is 17.0 Å². The zero-order valence-electron chi connectivity index (χ0n) is 8.88. The number of hydrogen-bond donors (Lipinski definition) is 0. The fourth-order valence-electron chi connectivity index (χ4n) is 1.49. The number of ether oxygens (including phenoxy) is 1. The van der Waals surface area contributed by atoms with Crippen LogP contribution in [0.5, 0.6) is 5.88 Å². The van der Waals surface area contributed by atoms with Gasteiger partial charge in [-0.1, -0.05) is 0 Å². The minimum Gasteiger partial charge on any atom is -0.481 e. The molecule has 0 N–H and O–H groups in total. The molecule has 0 bridgehead atoms. The minimum atomic E-state index is -0.962. The average Bonchev–Trinajstić information content (AvgIpc) is 2.28. The van der Waals surface area contributed by atoms with Crippen molar-refractivity contribution in [2.75, 3.05) is 7.11 Å². The molecule has 2 nitrogen and oxygen atoms in total. The van der Waals surface area contributed by atoms with Crippen LogP contribution < -0.4 is 4.74 Å². The standard InChI is InChI=1S/C12H8F3NO/c1-17-11-4-7(2-3-16-11)12-9(14)5-8(13)6-10(12)15/h2-6H,1H3. The summed E-state index contributed by atoms with van der Waals surface area (Å²) in [4.78, 5) is 3.82. The molecule has 0 amide bonds. The van der Waals surface area contributed by atoms with Gasteiger partial charge in [-0.25, -0.2) is 18.2 Å². The van der Waals surface area contributed by atoms with E-state index >= 15 is 0 Å². The highest BCUT2D eigenvalue weighted by Gasteiger charge is 2.14. The molecule has 0 aliphatic heterocycles. The SMILES string of the molecule is COc1cc(-c2c(F)cc(F)cc2F)ccn1. The Morgan fingerprint density at radius 1 is 1.06 bits per heavy atom. The van der Waals surface area contributed by atoms with Gasteiger partial charge in [0.15, 0.2) is 0 Å². The van der Waals surface area contributed by atoms with Crippen LogP contribution in [0.3, 0.4) is 0 Å². The minimum absolute atomic E-state index is 0.227. The first-order valence-corrected chi connectivity index (χ1v) is 4.77. The molecule has 0 radical (unpaired) electrons. The van der Waals surface area contributed by atoms with Gasteiger partial charge >= 0.3 is 0 Å². The Balaban J connectivity index is 2.60. The summed E-state index contributed by atoms with van der Waals surface area (Å²) in [5, 5.41) is 0. The van der Waals surface area contributed by atoms with E-state index in [0.29, 0.717) is 12.1 Å². The van der Waals surface area contributed by atoms with Gasteiger partial charge in [0.05, 0.1) is 12.7 Å². The van der Waals surface area contributed by atoms with Crippen molar-refractivity contribution < 1.29 is 17.9 Å². The van der Waals surface area contributed by atoms with Gasteiger partial charge in [0.1, 0.15) is 17.5 Å². The molecule has 0 aliphatic carbocycles. The van der Waals surface area contributed by atoms with Crippen LogP contribution in [0, 0.1) is 17.5 Å². The van der Waals surface area contributed by atoms with Crippen molar-refractivity contribution in [3.63, 3.8) is 0 Å². The number of halogens is 3. The zero-order valence-corrected chi connectivity index (χ0v) is 8.88. The summed E-state index contributed by atoms with van der Waals surface area (Å²) >= 11 is 0. The highest BCUT2D eigenvalue weighted by Crippen LogP contribution is 2.28. The first-order chi connectivity index (χ1) is 8.11. The van der Waals surface area contributed by atoms with Gasteiger partial charge in [-0.2, -0.15) is 0 Å². The third-order valence-electron chi connectivity index (χ3n) is 2.24. The van der Waals surface area contributed by atoms with E-state index in [1.54, 1.807) is 0 Å². The Labute approximate surface area is 95.7 Å². The second kappa shape index (κ2) is 4.45. The maximum absolute atomic E-state index is 13.5. The maximum Gasteiger partial charge on any atom is 0.213 e. The summed E-state index contributed by atoms with van der Waals surface area (Å²) in [6, 6.07) is 4.05. The van der Waals surface area contributed by atoms with Crippen molar-refractivity contribution in [3.05, 3.63) is 47.9 Å². The lowest BCUT2D eigenvalue weighted by atomic mass is 10.1. The molecular formula is C12H8F3NO. The van der Waals surface area contributed by atoms with Gasteiger partial charge in [0, 0.05) is 24.4 Å². The summed E-state index contributed by atoms with van der Waals surface area (Å²) in [5.74, 6) is -2.65. The average molecular weight is 239 g/mol. The third kappa shape index (κ3) is 2.22. The summed E-state index contributed by atoms with van der Waals surface area (Å²) in [6.07, 6.45) is 1.36. The lowest BCUT2D eigenvalue weighted by molar-refractivity contribution is 0.398. The van der Waals surface area contributed by atoms with Crippen LogP contribution in [0.2, 0.25) is 0 Å². The number of methoxy groups -OCH3 is 1. The second-order valence-corrected chi connectivity index (χ2v) is 3.33. The van der Waals surface area contributed by atoms with Crippen LogP contribution in [-0.4, -0.2) is 12.1 Å². The summed E-state index contributed by atoms with van der Waals surface area (Å²) in [5.41, 5.74) is -0.0565. The van der Waals surface area contributed by atoms with E-state index in [4.69, 9.17) is 4.74 Å². The molecule has 2 rings (SSSR count). The summed E-state index contributed by atoms with van der Waals surface area (Å²) in [7, 11) is 1.39. The van der Waals surface area contributed by atoms with E-state index in [0.717, 1.165) is 0 Å². The molecule has 0 saturated carbocycles. The van der Waals surface area contributed by atoms with E-state index in [2.05, 4.69) is 4.98 Å². The van der Waals surface area contributed by atoms with Gasteiger partial charge in [-0.3, -0.25) is 0 Å². The van der Waals surface area contributed by atoms with Crippen molar-refractivity contribution in [1.82, 2.24) is 4.98 Å². The molecule has 0 saturated heterocycles. The molecule has 0 spiro atoms. The summed E-state index contributed by atoms with van der Waals surface area (Å²) < 4.78 is 44.6. The quantitative estimate of drug-likeness (QED) is 0.803. The maximum atomic E-state index is 13.5. The van der Waals surface area contributed by atoms with Gasteiger partial charge < -0.3 is 4.74 Å². The molecule has 1 heterocycles. The van der Waals surface area contributed by atoms with E-state index < -0.39 is 17.5 Å². The Hall–Kier alpha value is -2.04. The third-order valence-corrected chi connectivity index (χ3v) is 2.24. The van der Waals surface area contributed by atoms with E-state index in [1.807, 2.05) is 0 Å². The first kappa shape index (κ1) is 11.4. The van der Waals surface area contributed by atoms with Crippen LogP contribution >= 0.6 is 0 Å². The summed E-state index contributed by atoms with van der Waals surface area (Å²) in [6.45, 7) is 0. The predicted octanol–water partition coefficient (Wildman–Crippen LogP) is 3.17. The van der Waals surface area contributed by atoms with E-state index in [9.17, 15) is 13.2 Å². The van der Waals surface area contributed by atoms with Gasteiger partial charge in [0.2, 0.25) is 5.88 Å². The van der Waals surface area contributed by atoms with Crippen molar-refractivity contribution >= 4 is 0 Å². The number of rotatable bonds is 2. The highest BCUT2D eigenvalue weighted by atomic mass is 19.1. The molecule has 1 aromatic heterocycles. The Morgan fingerprint density at radius 2 is 1.71 bits per heavy atom. The zero-order chi connectivity index (χ0) is 12.4. The van der Waals surface area contributed by atoms with Gasteiger partial charge in [0.25, 0.3) is 0 Å². The molecule has 0 atom stereocenters. The molecular weight excluding hydrogens is 231 g/mol. The molecule has 17 heavy (non-hydrogen) atoms. The largest absolute Gasteiger partial charge is 0.481 e. The first-order valence-electron chi connectivity index (χ1n) is 4.77. The van der Waals surface area contributed by atoms with Crippen LogP contribution in [-0.2, 0) is 0 Å². The van der Waals surface area contributed by atoms with Crippen molar-refractivity contribution in [2.45, 2.75) is 0 Å². The fourth-order valence-corrected chi connectivity index (χ4v) is 1.49. The molecule has 2 aromatic rings. The number of nitrogens with zero attached hydrogens (tertiary/aromatic N) is 1. The van der Waals surface area contributed by atoms with Gasteiger partial charge in [-0.15, -0.1) is 0 Å². The highest BCUT2D eigenvalue weighted by molar-refractivity contribution is 5.65. The van der Waals surface area contributed by atoms with Crippen LogP contribution in [0.15, 0.2) is 30.5 Å². The molecule has 0 fully saturated rings. The molecule has 5 heteroatoms.